The van der Waals surface area contributed by atoms with E-state index in [0.29, 0.717) is 19.0 Å². The molecule has 2 aromatic heterocycles. The van der Waals surface area contributed by atoms with Crippen LogP contribution in [-0.4, -0.2) is 26.4 Å². The van der Waals surface area contributed by atoms with Gasteiger partial charge >= 0.3 is 6.08 Å². The molecule has 0 amide bonds. The zero-order chi connectivity index (χ0) is 16.4. The van der Waals surface area contributed by atoms with E-state index in [0.717, 1.165) is 22.4 Å². The Morgan fingerprint density at radius 3 is 2.67 bits per heavy atom. The van der Waals surface area contributed by atoms with Crippen LogP contribution >= 0.6 is 0 Å². The van der Waals surface area contributed by atoms with Crippen LogP contribution in [-0.2, 0) is 6.54 Å². The van der Waals surface area contributed by atoms with Gasteiger partial charge in [0.2, 0.25) is 0 Å². The van der Waals surface area contributed by atoms with Crippen LogP contribution in [0.1, 0.15) is 5.82 Å². The molecule has 0 saturated carbocycles. The van der Waals surface area contributed by atoms with Crippen molar-refractivity contribution in [2.45, 2.75) is 13.5 Å². The average Bonchev–Trinajstić information content (AvgIpc) is 3.21. The number of aromatic nitrogens is 4. The molecule has 2 heterocycles. The molecule has 0 aliphatic rings. The minimum Gasteiger partial charge on any atom is -0.447 e. The molecule has 4 rings (SSSR count). The second-order valence-electron chi connectivity index (χ2n) is 5.39. The molecule has 0 fully saturated rings. The van der Waals surface area contributed by atoms with Gasteiger partial charge in [-0.3, -0.25) is 0 Å². The molecule has 0 unspecified atom stereocenters. The van der Waals surface area contributed by atoms with Gasteiger partial charge in [-0.2, -0.15) is 0 Å². The molecule has 6 heteroatoms. The van der Waals surface area contributed by atoms with Gasteiger partial charge in [-0.1, -0.05) is 35.4 Å². The van der Waals surface area contributed by atoms with Gasteiger partial charge in [-0.25, -0.2) is 4.98 Å². The molecule has 0 N–H and O–H groups in total. The van der Waals surface area contributed by atoms with Crippen LogP contribution in [0.3, 0.4) is 0 Å². The van der Waals surface area contributed by atoms with Crippen molar-refractivity contribution < 1.29 is 9.15 Å². The Bertz CT molecular complexity index is 959. The number of hydrogen-bond acceptors (Lipinski definition) is 5. The van der Waals surface area contributed by atoms with Crippen LogP contribution in [0.5, 0.6) is 6.08 Å². The fraction of sp³-hybridized carbons (Fsp3) is 0.167. The maximum Gasteiger partial charge on any atom is 0.414 e. The molecule has 0 aliphatic carbocycles. The lowest BCUT2D eigenvalue weighted by atomic mass is 10.2. The third kappa shape index (κ3) is 2.74. The van der Waals surface area contributed by atoms with E-state index in [1.54, 1.807) is 0 Å². The first kappa shape index (κ1) is 14.4. The molecule has 0 aliphatic heterocycles. The predicted octanol–water partition coefficient (Wildman–Crippen LogP) is 3.47. The lowest BCUT2D eigenvalue weighted by Gasteiger charge is -2.06. The summed E-state index contributed by atoms with van der Waals surface area (Å²) in [6.45, 7) is 3.08. The smallest absolute Gasteiger partial charge is 0.414 e. The quantitative estimate of drug-likeness (QED) is 0.563. The molecule has 6 nitrogen and oxygen atoms in total. The average molecular weight is 320 g/mol. The standard InChI is InChI=1S/C18H16N4O2/c1-13-19-15-9-5-6-10-16(15)22(13)11-12-23-18-21-20-17(24-18)14-7-3-2-4-8-14/h2-10H,11-12H2,1H3. The van der Waals surface area contributed by atoms with Gasteiger partial charge in [0, 0.05) is 5.56 Å². The number of aryl methyl sites for hydroxylation is 1. The number of hydrogen-bond donors (Lipinski definition) is 0. The van der Waals surface area contributed by atoms with E-state index >= 15 is 0 Å². The van der Waals surface area contributed by atoms with Crippen molar-refractivity contribution in [3.8, 4) is 17.5 Å². The van der Waals surface area contributed by atoms with Gasteiger partial charge in [0.1, 0.15) is 12.4 Å². The second kappa shape index (κ2) is 6.16. The van der Waals surface area contributed by atoms with Gasteiger partial charge in [-0.15, -0.1) is 5.10 Å². The molecule has 0 atom stereocenters. The molecule has 0 radical (unpaired) electrons. The van der Waals surface area contributed by atoms with Crippen LogP contribution in [0.15, 0.2) is 59.0 Å². The highest BCUT2D eigenvalue weighted by Crippen LogP contribution is 2.20. The third-order valence-electron chi connectivity index (χ3n) is 3.81. The summed E-state index contributed by atoms with van der Waals surface area (Å²) in [5, 5.41) is 7.94. The lowest BCUT2D eigenvalue weighted by Crippen LogP contribution is -2.09. The van der Waals surface area contributed by atoms with Crippen molar-refractivity contribution in [1.29, 1.82) is 0 Å². The van der Waals surface area contributed by atoms with Crippen molar-refractivity contribution in [3.63, 3.8) is 0 Å². The molecule has 4 aromatic rings. The van der Waals surface area contributed by atoms with Gasteiger partial charge in [0.25, 0.3) is 5.89 Å². The summed E-state index contributed by atoms with van der Waals surface area (Å²) in [6.07, 6.45) is 0.177. The summed E-state index contributed by atoms with van der Waals surface area (Å²) in [7, 11) is 0. The Balaban J connectivity index is 1.44. The van der Waals surface area contributed by atoms with Crippen LogP contribution in [0, 0.1) is 6.92 Å². The summed E-state index contributed by atoms with van der Waals surface area (Å²) >= 11 is 0. The Morgan fingerprint density at radius 1 is 1.00 bits per heavy atom. The monoisotopic (exact) mass is 320 g/mol. The molecular formula is C18H16N4O2. The van der Waals surface area contributed by atoms with E-state index in [2.05, 4.69) is 25.8 Å². The summed E-state index contributed by atoms with van der Waals surface area (Å²) in [4.78, 5) is 4.54. The molecule has 2 aromatic carbocycles. The number of fused-ring (bicyclic) bond motifs is 1. The molecule has 0 bridgehead atoms. The summed E-state index contributed by atoms with van der Waals surface area (Å²) in [5.74, 6) is 1.41. The van der Waals surface area contributed by atoms with Gasteiger partial charge in [0.05, 0.1) is 17.6 Å². The number of imidazole rings is 1. The Kier molecular flexibility index (Phi) is 3.70. The summed E-state index contributed by atoms with van der Waals surface area (Å²) < 4.78 is 13.2. The predicted molar refractivity (Wildman–Crippen MR) is 89.7 cm³/mol. The largest absolute Gasteiger partial charge is 0.447 e. The van der Waals surface area contributed by atoms with Crippen molar-refractivity contribution in [3.05, 3.63) is 60.4 Å². The van der Waals surface area contributed by atoms with E-state index in [1.165, 1.54) is 0 Å². The molecule has 0 spiro atoms. The van der Waals surface area contributed by atoms with Crippen molar-refractivity contribution in [1.82, 2.24) is 19.7 Å². The number of benzene rings is 2. The number of ether oxygens (including phenoxy) is 1. The highest BCUT2D eigenvalue weighted by Gasteiger charge is 2.10. The van der Waals surface area contributed by atoms with Crippen molar-refractivity contribution in [2.75, 3.05) is 6.61 Å². The van der Waals surface area contributed by atoms with E-state index in [-0.39, 0.29) is 6.08 Å². The van der Waals surface area contributed by atoms with E-state index in [9.17, 15) is 0 Å². The van der Waals surface area contributed by atoms with Crippen molar-refractivity contribution >= 4 is 11.0 Å². The first-order chi connectivity index (χ1) is 11.8. The number of nitrogens with zero attached hydrogens (tertiary/aromatic N) is 4. The fourth-order valence-electron chi connectivity index (χ4n) is 2.67. The summed E-state index contributed by atoms with van der Waals surface area (Å²) in [6, 6.07) is 17.7. The maximum atomic E-state index is 5.60. The second-order valence-corrected chi connectivity index (χ2v) is 5.39. The molecule has 120 valence electrons. The van der Waals surface area contributed by atoms with E-state index in [1.807, 2.05) is 55.5 Å². The Hall–Kier alpha value is -3.15. The van der Waals surface area contributed by atoms with Crippen LogP contribution in [0.4, 0.5) is 0 Å². The fourth-order valence-corrected chi connectivity index (χ4v) is 2.67. The van der Waals surface area contributed by atoms with Gasteiger partial charge < -0.3 is 13.7 Å². The molecule has 24 heavy (non-hydrogen) atoms. The van der Waals surface area contributed by atoms with E-state index < -0.39 is 0 Å². The van der Waals surface area contributed by atoms with Crippen molar-refractivity contribution in [2.24, 2.45) is 0 Å². The first-order valence-corrected chi connectivity index (χ1v) is 7.75. The number of rotatable bonds is 5. The van der Waals surface area contributed by atoms with Gasteiger partial charge in [0.15, 0.2) is 0 Å². The van der Waals surface area contributed by atoms with Crippen LogP contribution in [0.25, 0.3) is 22.5 Å². The highest BCUT2D eigenvalue weighted by atomic mass is 16.6. The minimum atomic E-state index is 0.177. The molecular weight excluding hydrogens is 304 g/mol. The molecule has 0 saturated heterocycles. The zero-order valence-electron chi connectivity index (χ0n) is 13.2. The lowest BCUT2D eigenvalue weighted by molar-refractivity contribution is 0.222. The van der Waals surface area contributed by atoms with Gasteiger partial charge in [-0.05, 0) is 31.2 Å². The first-order valence-electron chi connectivity index (χ1n) is 7.75. The Labute approximate surface area is 138 Å². The Morgan fingerprint density at radius 2 is 1.79 bits per heavy atom. The SMILES string of the molecule is Cc1nc2ccccc2n1CCOc1nnc(-c2ccccc2)o1. The van der Waals surface area contributed by atoms with Crippen LogP contribution < -0.4 is 4.74 Å². The van der Waals surface area contributed by atoms with E-state index in [4.69, 9.17) is 9.15 Å². The third-order valence-corrected chi connectivity index (χ3v) is 3.81. The highest BCUT2D eigenvalue weighted by molar-refractivity contribution is 5.75. The summed E-state index contributed by atoms with van der Waals surface area (Å²) in [5.41, 5.74) is 2.95. The minimum absolute atomic E-state index is 0.177. The number of para-hydroxylation sites is 2. The normalized spacial score (nSPS) is 11.0. The van der Waals surface area contributed by atoms with Crippen LogP contribution in [0.2, 0.25) is 0 Å². The maximum absolute atomic E-state index is 5.60. The zero-order valence-corrected chi connectivity index (χ0v) is 13.2. The topological polar surface area (TPSA) is 66.0 Å².